The average Bonchev–Trinajstić information content (AvgIpc) is 3.36. The highest BCUT2D eigenvalue weighted by Gasteiger charge is 2.18. The minimum Gasteiger partial charge on any atom is -0.493 e. The summed E-state index contributed by atoms with van der Waals surface area (Å²) < 4.78 is 30.1. The number of pyridine rings is 1. The van der Waals surface area contributed by atoms with Crippen LogP contribution in [0.5, 0.6) is 5.88 Å². The molecule has 0 unspecified atom stereocenters. The number of anilines is 1. The summed E-state index contributed by atoms with van der Waals surface area (Å²) in [5.74, 6) is 0.223. The normalized spacial score (nSPS) is 12.2. The van der Waals surface area contributed by atoms with Gasteiger partial charge in [-0.1, -0.05) is 6.07 Å². The standard InChI is InChI=1S/C21H16N6O3S2/c1-27-16-10-9-15-20(31-12-23-15)18(16)19(21(27)28)25-24-13-5-7-14(8-6-13)32(29,30)26-17-4-2-3-11-22-17/h2-12,28H,1H3,(H,22,26). The summed E-state index contributed by atoms with van der Waals surface area (Å²) >= 11 is 1.46. The molecule has 5 aromatic rings. The second-order valence-electron chi connectivity index (χ2n) is 6.91. The van der Waals surface area contributed by atoms with E-state index in [0.717, 1.165) is 21.1 Å². The van der Waals surface area contributed by atoms with E-state index in [0.29, 0.717) is 11.4 Å². The molecule has 3 aromatic heterocycles. The van der Waals surface area contributed by atoms with Crippen LogP contribution in [0.3, 0.4) is 0 Å². The molecule has 2 N–H and O–H groups in total. The molecule has 0 saturated heterocycles. The maximum absolute atomic E-state index is 12.5. The summed E-state index contributed by atoms with van der Waals surface area (Å²) in [5.41, 5.74) is 4.16. The monoisotopic (exact) mass is 464 g/mol. The van der Waals surface area contributed by atoms with Crippen LogP contribution in [-0.4, -0.2) is 28.1 Å². The molecule has 3 heterocycles. The Labute approximate surface area is 186 Å². The maximum Gasteiger partial charge on any atom is 0.263 e. The number of thiazole rings is 1. The van der Waals surface area contributed by atoms with Gasteiger partial charge in [0.1, 0.15) is 5.82 Å². The van der Waals surface area contributed by atoms with E-state index in [1.807, 2.05) is 12.1 Å². The lowest BCUT2D eigenvalue weighted by Crippen LogP contribution is -2.13. The number of benzene rings is 2. The molecule has 0 atom stereocenters. The van der Waals surface area contributed by atoms with E-state index in [1.54, 1.807) is 47.5 Å². The molecule has 0 spiro atoms. The fraction of sp³-hybridized carbons (Fsp3) is 0.0476. The Kier molecular flexibility index (Phi) is 4.83. The predicted octanol–water partition coefficient (Wildman–Crippen LogP) is 5.10. The van der Waals surface area contributed by atoms with Crippen molar-refractivity contribution < 1.29 is 13.5 Å². The summed E-state index contributed by atoms with van der Waals surface area (Å²) in [5, 5.41) is 19.8. The van der Waals surface area contributed by atoms with Crippen molar-refractivity contribution in [3.05, 3.63) is 66.3 Å². The lowest BCUT2D eigenvalue weighted by atomic mass is 10.2. The molecule has 0 aliphatic rings. The van der Waals surface area contributed by atoms with Crippen LogP contribution in [0.25, 0.3) is 21.1 Å². The zero-order valence-electron chi connectivity index (χ0n) is 16.7. The molecule has 0 saturated carbocycles. The molecule has 11 heteroatoms. The van der Waals surface area contributed by atoms with Crippen LogP contribution in [0.1, 0.15) is 0 Å². The van der Waals surface area contributed by atoms with Gasteiger partial charge in [0.15, 0.2) is 5.69 Å². The number of nitrogens with one attached hydrogen (secondary N) is 1. The Morgan fingerprint density at radius 3 is 2.59 bits per heavy atom. The van der Waals surface area contributed by atoms with E-state index >= 15 is 0 Å². The fourth-order valence-electron chi connectivity index (χ4n) is 3.33. The van der Waals surface area contributed by atoms with Gasteiger partial charge in [0.05, 0.1) is 37.2 Å². The van der Waals surface area contributed by atoms with E-state index < -0.39 is 10.0 Å². The highest BCUT2D eigenvalue weighted by molar-refractivity contribution is 7.92. The van der Waals surface area contributed by atoms with Crippen molar-refractivity contribution in [3.8, 4) is 5.88 Å². The van der Waals surface area contributed by atoms with Crippen molar-refractivity contribution in [3.63, 3.8) is 0 Å². The highest BCUT2D eigenvalue weighted by atomic mass is 32.2. The Hall–Kier alpha value is -3.83. The van der Waals surface area contributed by atoms with Crippen molar-refractivity contribution in [2.75, 3.05) is 4.72 Å². The number of hydrogen-bond donors (Lipinski definition) is 2. The van der Waals surface area contributed by atoms with Crippen molar-refractivity contribution in [2.45, 2.75) is 4.90 Å². The van der Waals surface area contributed by atoms with Gasteiger partial charge in [0.2, 0.25) is 5.88 Å². The zero-order valence-corrected chi connectivity index (χ0v) is 18.3. The molecule has 9 nitrogen and oxygen atoms in total. The third kappa shape index (κ3) is 3.47. The number of sulfonamides is 1. The summed E-state index contributed by atoms with van der Waals surface area (Å²) in [7, 11) is -2.03. The van der Waals surface area contributed by atoms with Gasteiger partial charge >= 0.3 is 0 Å². The Morgan fingerprint density at radius 2 is 1.84 bits per heavy atom. The number of rotatable bonds is 5. The smallest absolute Gasteiger partial charge is 0.263 e. The van der Waals surface area contributed by atoms with Gasteiger partial charge in [-0.15, -0.1) is 16.5 Å². The quantitative estimate of drug-likeness (QED) is 0.350. The molecule has 0 amide bonds. The van der Waals surface area contributed by atoms with Gasteiger partial charge in [-0.25, -0.2) is 18.4 Å². The lowest BCUT2D eigenvalue weighted by Gasteiger charge is -2.06. The lowest BCUT2D eigenvalue weighted by molar-refractivity contribution is 0.436. The molecule has 32 heavy (non-hydrogen) atoms. The molecule has 0 aliphatic heterocycles. The predicted molar refractivity (Wildman–Crippen MR) is 123 cm³/mol. The summed E-state index contributed by atoms with van der Waals surface area (Å²) in [4.78, 5) is 8.36. The number of aromatic hydroxyl groups is 1. The first kappa shape index (κ1) is 20.1. The van der Waals surface area contributed by atoms with E-state index in [9.17, 15) is 13.5 Å². The second-order valence-corrected chi connectivity index (χ2v) is 9.44. The molecule has 5 rings (SSSR count). The van der Waals surface area contributed by atoms with Gasteiger partial charge in [-0.05, 0) is 48.5 Å². The van der Waals surface area contributed by atoms with E-state index in [1.165, 1.54) is 29.7 Å². The number of hydrogen-bond acceptors (Lipinski definition) is 8. The van der Waals surface area contributed by atoms with Crippen LogP contribution in [0.15, 0.2) is 81.4 Å². The first-order valence-electron chi connectivity index (χ1n) is 9.43. The molecule has 160 valence electrons. The van der Waals surface area contributed by atoms with Gasteiger partial charge in [0, 0.05) is 13.2 Å². The van der Waals surface area contributed by atoms with Crippen LogP contribution in [0.2, 0.25) is 0 Å². The maximum atomic E-state index is 12.5. The fourth-order valence-corrected chi connectivity index (χ4v) is 5.17. The third-order valence-electron chi connectivity index (χ3n) is 4.92. The number of nitrogens with zero attached hydrogens (tertiary/aromatic N) is 5. The largest absolute Gasteiger partial charge is 0.493 e. The molecule has 0 bridgehead atoms. The van der Waals surface area contributed by atoms with Crippen LogP contribution < -0.4 is 4.72 Å². The highest BCUT2D eigenvalue weighted by Crippen LogP contribution is 2.43. The first-order chi connectivity index (χ1) is 15.4. The van der Waals surface area contributed by atoms with Crippen molar-refractivity contribution >= 4 is 59.7 Å². The Bertz CT molecular complexity index is 1570. The van der Waals surface area contributed by atoms with Crippen LogP contribution in [0, 0.1) is 0 Å². The van der Waals surface area contributed by atoms with E-state index in [2.05, 4.69) is 24.9 Å². The molecule has 0 fully saturated rings. The van der Waals surface area contributed by atoms with E-state index in [4.69, 9.17) is 0 Å². The molecule has 2 aromatic carbocycles. The first-order valence-corrected chi connectivity index (χ1v) is 11.8. The SMILES string of the molecule is Cn1c(O)c(N=Nc2ccc(S(=O)(=O)Nc3ccccn3)cc2)c2c3scnc3ccc21. The van der Waals surface area contributed by atoms with Gasteiger partial charge in [-0.2, -0.15) is 5.11 Å². The minimum absolute atomic E-state index is 0.0107. The molecule has 0 radical (unpaired) electrons. The number of aromatic nitrogens is 3. The van der Waals surface area contributed by atoms with Gasteiger partial charge in [-0.3, -0.25) is 4.72 Å². The van der Waals surface area contributed by atoms with Crippen LogP contribution in [0.4, 0.5) is 17.2 Å². The van der Waals surface area contributed by atoms with Crippen molar-refractivity contribution in [1.82, 2.24) is 14.5 Å². The number of fused-ring (bicyclic) bond motifs is 3. The third-order valence-corrected chi connectivity index (χ3v) is 7.15. The van der Waals surface area contributed by atoms with Crippen LogP contribution in [-0.2, 0) is 17.1 Å². The van der Waals surface area contributed by atoms with Gasteiger partial charge < -0.3 is 9.67 Å². The minimum atomic E-state index is -3.78. The second kappa shape index (κ2) is 7.70. The van der Waals surface area contributed by atoms with Crippen molar-refractivity contribution in [2.24, 2.45) is 17.3 Å². The zero-order chi connectivity index (χ0) is 22.3. The molecular formula is C21H16N6O3S2. The van der Waals surface area contributed by atoms with Crippen LogP contribution >= 0.6 is 11.3 Å². The topological polar surface area (TPSA) is 122 Å². The summed E-state index contributed by atoms with van der Waals surface area (Å²) in [6.07, 6.45) is 1.50. The van der Waals surface area contributed by atoms with Gasteiger partial charge in [0.25, 0.3) is 10.0 Å². The summed E-state index contributed by atoms with van der Waals surface area (Å²) in [6, 6.07) is 14.7. The molecule has 0 aliphatic carbocycles. The number of azo groups is 1. The Balaban J connectivity index is 1.46. The van der Waals surface area contributed by atoms with E-state index in [-0.39, 0.29) is 16.6 Å². The average molecular weight is 465 g/mol. The number of aryl methyl sites for hydroxylation is 1. The van der Waals surface area contributed by atoms with Crippen molar-refractivity contribution in [1.29, 1.82) is 0 Å². The summed E-state index contributed by atoms with van der Waals surface area (Å²) in [6.45, 7) is 0. The molecular weight excluding hydrogens is 448 g/mol. The Morgan fingerprint density at radius 1 is 1.03 bits per heavy atom.